The lowest BCUT2D eigenvalue weighted by Gasteiger charge is -2.25. The number of nitrogens with zero attached hydrogens (tertiary/aromatic N) is 1. The molecule has 3 heteroatoms. The highest BCUT2D eigenvalue weighted by Crippen LogP contribution is 2.30. The molecule has 2 aliphatic carbocycles. The zero-order valence-electron chi connectivity index (χ0n) is 9.15. The highest BCUT2D eigenvalue weighted by Gasteiger charge is 2.33. The lowest BCUT2D eigenvalue weighted by Crippen LogP contribution is -2.42. The highest BCUT2D eigenvalue weighted by molar-refractivity contribution is 4.98. The molecule has 0 spiro atoms. The van der Waals surface area contributed by atoms with Gasteiger partial charge < -0.3 is 10.4 Å². The summed E-state index contributed by atoms with van der Waals surface area (Å²) in [6.07, 6.45) is 6.87. The Morgan fingerprint density at radius 1 is 1.13 bits per heavy atom. The van der Waals surface area contributed by atoms with Crippen molar-refractivity contribution in [3.05, 3.63) is 0 Å². The van der Waals surface area contributed by atoms with Crippen molar-refractivity contribution in [2.75, 3.05) is 6.61 Å². The number of hydrogen-bond acceptors (Lipinski definition) is 3. The second kappa shape index (κ2) is 4.96. The Morgan fingerprint density at radius 2 is 1.87 bits per heavy atom. The van der Waals surface area contributed by atoms with E-state index >= 15 is 0 Å². The largest absolute Gasteiger partial charge is 0.396 e. The first kappa shape index (κ1) is 10.9. The zero-order chi connectivity index (χ0) is 10.7. The summed E-state index contributed by atoms with van der Waals surface area (Å²) >= 11 is 0. The average molecular weight is 208 g/mol. The number of aliphatic hydroxyl groups excluding tert-OH is 1. The first-order valence-corrected chi connectivity index (χ1v) is 6.11. The number of nitriles is 1. The van der Waals surface area contributed by atoms with E-state index in [-0.39, 0.29) is 5.92 Å². The van der Waals surface area contributed by atoms with Crippen molar-refractivity contribution in [1.82, 2.24) is 5.32 Å². The second-order valence-corrected chi connectivity index (χ2v) is 4.92. The van der Waals surface area contributed by atoms with Crippen molar-refractivity contribution in [3.63, 3.8) is 0 Å². The van der Waals surface area contributed by atoms with Crippen LogP contribution >= 0.6 is 0 Å². The molecular weight excluding hydrogens is 188 g/mol. The fraction of sp³-hybridized carbons (Fsp3) is 0.917. The molecule has 0 aliphatic heterocycles. The van der Waals surface area contributed by atoms with Crippen LogP contribution in [-0.4, -0.2) is 23.8 Å². The molecule has 3 nitrogen and oxygen atoms in total. The van der Waals surface area contributed by atoms with Gasteiger partial charge in [-0.3, -0.25) is 0 Å². The molecule has 84 valence electrons. The number of aliphatic hydroxyl groups is 1. The van der Waals surface area contributed by atoms with Gasteiger partial charge in [0, 0.05) is 18.7 Å². The Balaban J connectivity index is 1.88. The Kier molecular flexibility index (Phi) is 3.61. The van der Waals surface area contributed by atoms with Crippen LogP contribution in [0.2, 0.25) is 0 Å². The van der Waals surface area contributed by atoms with Crippen LogP contribution in [0.4, 0.5) is 0 Å². The van der Waals surface area contributed by atoms with E-state index in [4.69, 9.17) is 5.26 Å². The van der Waals surface area contributed by atoms with Gasteiger partial charge in [-0.05, 0) is 31.6 Å². The summed E-state index contributed by atoms with van der Waals surface area (Å²) < 4.78 is 0. The van der Waals surface area contributed by atoms with Gasteiger partial charge in [0.15, 0.2) is 0 Å². The molecule has 15 heavy (non-hydrogen) atoms. The van der Waals surface area contributed by atoms with Gasteiger partial charge in [0.05, 0.1) is 12.0 Å². The topological polar surface area (TPSA) is 56.0 Å². The maximum absolute atomic E-state index is 9.23. The highest BCUT2D eigenvalue weighted by atomic mass is 16.3. The number of rotatable bonds is 3. The van der Waals surface area contributed by atoms with Crippen molar-refractivity contribution in [2.45, 2.75) is 50.6 Å². The summed E-state index contributed by atoms with van der Waals surface area (Å²) in [4.78, 5) is 0. The van der Waals surface area contributed by atoms with Gasteiger partial charge in [-0.1, -0.05) is 12.8 Å². The van der Waals surface area contributed by atoms with Gasteiger partial charge >= 0.3 is 0 Å². The maximum Gasteiger partial charge on any atom is 0.0672 e. The quantitative estimate of drug-likeness (QED) is 0.737. The van der Waals surface area contributed by atoms with Gasteiger partial charge in [0.1, 0.15) is 0 Å². The summed E-state index contributed by atoms with van der Waals surface area (Å²) in [5, 5.41) is 21.8. The Labute approximate surface area is 91.5 Å². The smallest absolute Gasteiger partial charge is 0.0672 e. The van der Waals surface area contributed by atoms with Gasteiger partial charge in [-0.2, -0.15) is 5.26 Å². The molecular formula is C12H20N2O. The Morgan fingerprint density at radius 3 is 2.60 bits per heavy atom. The monoisotopic (exact) mass is 208 g/mol. The minimum Gasteiger partial charge on any atom is -0.396 e. The summed E-state index contributed by atoms with van der Waals surface area (Å²) in [6.45, 7) is 0.293. The molecule has 2 rings (SSSR count). The van der Waals surface area contributed by atoms with E-state index in [0.29, 0.717) is 24.6 Å². The van der Waals surface area contributed by atoms with Crippen molar-refractivity contribution < 1.29 is 5.11 Å². The standard InChI is InChI=1S/C12H20N2O/c13-7-9-3-1-5-11(9)14-12-6-2-4-10(12)8-15/h9-12,14-15H,1-6,8H2. The molecule has 4 atom stereocenters. The summed E-state index contributed by atoms with van der Waals surface area (Å²) in [5.41, 5.74) is 0. The van der Waals surface area contributed by atoms with E-state index in [1.54, 1.807) is 0 Å². The molecule has 2 N–H and O–H groups in total. The van der Waals surface area contributed by atoms with Crippen LogP contribution in [0.5, 0.6) is 0 Å². The number of nitrogens with one attached hydrogen (secondary N) is 1. The first-order valence-electron chi connectivity index (χ1n) is 6.11. The lowest BCUT2D eigenvalue weighted by atomic mass is 10.0. The van der Waals surface area contributed by atoms with Crippen LogP contribution in [0.25, 0.3) is 0 Å². The van der Waals surface area contributed by atoms with Crippen LogP contribution in [-0.2, 0) is 0 Å². The van der Waals surface area contributed by atoms with Crippen LogP contribution in [0, 0.1) is 23.2 Å². The predicted molar refractivity (Wildman–Crippen MR) is 58.1 cm³/mol. The molecule has 0 bridgehead atoms. The molecule has 0 aromatic rings. The third kappa shape index (κ3) is 2.32. The van der Waals surface area contributed by atoms with E-state index in [1.165, 1.54) is 19.3 Å². The normalized spacial score (nSPS) is 40.5. The van der Waals surface area contributed by atoms with Gasteiger partial charge in [-0.15, -0.1) is 0 Å². The Hall–Kier alpha value is -0.590. The SMILES string of the molecule is N#CC1CCCC1NC1CCCC1CO. The van der Waals surface area contributed by atoms with E-state index in [2.05, 4.69) is 11.4 Å². The Bertz CT molecular complexity index is 248. The van der Waals surface area contributed by atoms with Crippen molar-refractivity contribution in [1.29, 1.82) is 5.26 Å². The second-order valence-electron chi connectivity index (χ2n) is 4.92. The minimum absolute atomic E-state index is 0.199. The first-order chi connectivity index (χ1) is 7.35. The molecule has 0 aromatic carbocycles. The van der Waals surface area contributed by atoms with Crippen molar-refractivity contribution in [2.24, 2.45) is 11.8 Å². The molecule has 0 amide bonds. The van der Waals surface area contributed by atoms with Crippen LogP contribution in [0.15, 0.2) is 0 Å². The van der Waals surface area contributed by atoms with Crippen LogP contribution < -0.4 is 5.32 Å². The molecule has 0 heterocycles. The fourth-order valence-corrected chi connectivity index (χ4v) is 3.06. The average Bonchev–Trinajstić information content (AvgIpc) is 2.87. The number of hydrogen-bond donors (Lipinski definition) is 2. The van der Waals surface area contributed by atoms with Gasteiger partial charge in [0.25, 0.3) is 0 Å². The van der Waals surface area contributed by atoms with Crippen LogP contribution in [0.1, 0.15) is 38.5 Å². The third-order valence-corrected chi connectivity index (χ3v) is 4.00. The zero-order valence-corrected chi connectivity index (χ0v) is 9.15. The lowest BCUT2D eigenvalue weighted by molar-refractivity contribution is 0.197. The maximum atomic E-state index is 9.23. The van der Waals surface area contributed by atoms with Crippen molar-refractivity contribution in [3.8, 4) is 6.07 Å². The molecule has 2 saturated carbocycles. The van der Waals surface area contributed by atoms with Crippen molar-refractivity contribution >= 4 is 0 Å². The van der Waals surface area contributed by atoms with Gasteiger partial charge in [0.2, 0.25) is 0 Å². The third-order valence-electron chi connectivity index (χ3n) is 4.00. The van der Waals surface area contributed by atoms with E-state index in [0.717, 1.165) is 19.3 Å². The minimum atomic E-state index is 0.199. The van der Waals surface area contributed by atoms with E-state index < -0.39 is 0 Å². The molecule has 0 saturated heterocycles. The summed E-state index contributed by atoms with van der Waals surface area (Å²) in [7, 11) is 0. The van der Waals surface area contributed by atoms with Crippen LogP contribution in [0.3, 0.4) is 0 Å². The molecule has 4 unspecified atom stereocenters. The predicted octanol–water partition coefficient (Wildman–Crippen LogP) is 1.43. The fourth-order valence-electron chi connectivity index (χ4n) is 3.06. The summed E-state index contributed by atoms with van der Waals surface area (Å²) in [5.74, 6) is 0.620. The summed E-state index contributed by atoms with van der Waals surface area (Å²) in [6, 6.07) is 3.23. The van der Waals surface area contributed by atoms with E-state index in [1.807, 2.05) is 0 Å². The molecule has 0 aromatic heterocycles. The molecule has 2 fully saturated rings. The van der Waals surface area contributed by atoms with Gasteiger partial charge in [-0.25, -0.2) is 0 Å². The van der Waals surface area contributed by atoms with E-state index in [9.17, 15) is 5.11 Å². The molecule has 2 aliphatic rings. The molecule has 0 radical (unpaired) electrons.